The van der Waals surface area contributed by atoms with Gasteiger partial charge in [-0.15, -0.1) is 3.96 Å². The van der Waals surface area contributed by atoms with Crippen LogP contribution in [-0.2, 0) is 7.05 Å². The summed E-state index contributed by atoms with van der Waals surface area (Å²) in [6, 6.07) is 1.91. The van der Waals surface area contributed by atoms with Crippen LogP contribution in [0.3, 0.4) is 0 Å². The van der Waals surface area contributed by atoms with Crippen molar-refractivity contribution in [3.05, 3.63) is 15.1 Å². The molecule has 1 rings (SSSR count). The molecule has 1 heterocycles. The van der Waals surface area contributed by atoms with E-state index in [4.69, 9.17) is 28.5 Å². The zero-order chi connectivity index (χ0) is 7.72. The molecule has 0 aliphatic carbocycles. The van der Waals surface area contributed by atoms with Gasteiger partial charge in [0.05, 0.1) is 0 Å². The third-order valence-corrected chi connectivity index (χ3v) is 2.77. The smallest absolute Gasteiger partial charge is 0.192 e. The number of hydrogen-bond donors (Lipinski definition) is 0. The minimum atomic E-state index is 0.357. The van der Waals surface area contributed by atoms with Gasteiger partial charge >= 0.3 is 5.15 Å². The van der Waals surface area contributed by atoms with Crippen molar-refractivity contribution in [1.29, 1.82) is 5.26 Å². The maximum Gasteiger partial charge on any atom is 0.308 e. The molecule has 0 N–H and O–H groups in total. The van der Waals surface area contributed by atoms with E-state index in [1.54, 1.807) is 11.0 Å². The molecule has 0 atom stereocenters. The van der Waals surface area contributed by atoms with Gasteiger partial charge in [0.1, 0.15) is 6.07 Å². The second-order valence-corrected chi connectivity index (χ2v) is 3.74. The lowest BCUT2D eigenvalue weighted by molar-refractivity contribution is -0.598. The number of nitrogens with zero attached hydrogens (tertiary/aromatic N) is 2. The number of rotatable bonds is 0. The largest absolute Gasteiger partial charge is 0.308 e. The molecule has 0 unspecified atom stereocenters. The highest BCUT2D eigenvalue weighted by Crippen LogP contribution is 2.24. The van der Waals surface area contributed by atoms with Gasteiger partial charge in [-0.2, -0.15) is 5.26 Å². The van der Waals surface area contributed by atoms with Gasteiger partial charge in [-0.3, -0.25) is 0 Å². The van der Waals surface area contributed by atoms with Gasteiger partial charge in [0.25, 0.3) is 0 Å². The Labute approximate surface area is 72.4 Å². The van der Waals surface area contributed by atoms with Crippen LogP contribution in [0.1, 0.15) is 5.56 Å². The molecule has 0 saturated carbocycles. The molecule has 0 aromatic carbocycles. The van der Waals surface area contributed by atoms with Gasteiger partial charge in [-0.1, -0.05) is 11.6 Å². The van der Waals surface area contributed by atoms with Crippen molar-refractivity contribution in [2.45, 2.75) is 0 Å². The Bertz CT molecular complexity index is 299. The Morgan fingerprint density at radius 1 is 1.60 bits per heavy atom. The van der Waals surface area contributed by atoms with E-state index in [0.717, 1.165) is 0 Å². The quantitative estimate of drug-likeness (QED) is 0.578. The molecule has 0 bridgehead atoms. The van der Waals surface area contributed by atoms with Crippen molar-refractivity contribution in [1.82, 2.24) is 0 Å². The molecule has 1 aromatic rings. The highest BCUT2D eigenvalue weighted by atomic mass is 35.5. The third kappa shape index (κ3) is 1.10. The molecule has 5 heteroatoms. The van der Waals surface area contributed by atoms with Gasteiger partial charge < -0.3 is 0 Å². The van der Waals surface area contributed by atoms with Crippen molar-refractivity contribution < 1.29 is 3.96 Å². The summed E-state index contributed by atoms with van der Waals surface area (Å²) in [4.78, 5) is 0. The standard InChI is InChI=1S/C5H3Cl2N2S/c1-9-4(6)3(2-8)5(7)10-9/h1H3/q+1. The van der Waals surface area contributed by atoms with Gasteiger partial charge in [0, 0.05) is 0 Å². The highest BCUT2D eigenvalue weighted by molar-refractivity contribution is 7.07. The predicted octanol–water partition coefficient (Wildman–Crippen LogP) is 1.75. The van der Waals surface area contributed by atoms with E-state index >= 15 is 0 Å². The average molecular weight is 194 g/mol. The van der Waals surface area contributed by atoms with Gasteiger partial charge in [-0.25, -0.2) is 0 Å². The predicted molar refractivity (Wildman–Crippen MR) is 40.2 cm³/mol. The molecule has 0 amide bonds. The zero-order valence-electron chi connectivity index (χ0n) is 5.06. The van der Waals surface area contributed by atoms with E-state index in [1.807, 2.05) is 6.07 Å². The first-order chi connectivity index (χ1) is 4.66. The molecule has 0 spiro atoms. The van der Waals surface area contributed by atoms with Crippen molar-refractivity contribution in [3.8, 4) is 6.07 Å². The molecule has 0 fully saturated rings. The SMILES string of the molecule is C[n+]1sc(Cl)c(C#N)c1Cl. The van der Waals surface area contributed by atoms with Gasteiger partial charge in [0.2, 0.25) is 0 Å². The van der Waals surface area contributed by atoms with E-state index in [1.165, 1.54) is 11.5 Å². The monoisotopic (exact) mass is 193 g/mol. The second-order valence-electron chi connectivity index (χ2n) is 1.64. The summed E-state index contributed by atoms with van der Waals surface area (Å²) in [5, 5.41) is 8.89. The number of aromatic nitrogens is 1. The Kier molecular flexibility index (Phi) is 2.14. The molecule has 0 radical (unpaired) electrons. The second kappa shape index (κ2) is 2.75. The van der Waals surface area contributed by atoms with Crippen LogP contribution < -0.4 is 3.96 Å². The van der Waals surface area contributed by atoms with Crippen molar-refractivity contribution in [2.24, 2.45) is 7.05 Å². The van der Waals surface area contributed by atoms with E-state index in [2.05, 4.69) is 0 Å². The van der Waals surface area contributed by atoms with Gasteiger partial charge in [-0.05, 0) is 11.6 Å². The third-order valence-electron chi connectivity index (χ3n) is 1.01. The van der Waals surface area contributed by atoms with Crippen molar-refractivity contribution in [2.75, 3.05) is 0 Å². The summed E-state index contributed by atoms with van der Waals surface area (Å²) in [5.74, 6) is 0. The fourth-order valence-electron chi connectivity index (χ4n) is 0.535. The average Bonchev–Trinajstić information content (AvgIpc) is 2.09. The fraction of sp³-hybridized carbons (Fsp3) is 0.200. The lowest BCUT2D eigenvalue weighted by Crippen LogP contribution is -2.22. The topological polar surface area (TPSA) is 27.7 Å². The summed E-state index contributed by atoms with van der Waals surface area (Å²) < 4.78 is 2.08. The Balaban J connectivity index is 3.37. The molecule has 0 aliphatic rings. The van der Waals surface area contributed by atoms with Crippen LogP contribution >= 0.6 is 34.7 Å². The lowest BCUT2D eigenvalue weighted by Gasteiger charge is -1.74. The summed E-state index contributed by atoms with van der Waals surface area (Å²) in [5.41, 5.74) is 0.357. The number of hydrogen-bond acceptors (Lipinski definition) is 2. The maximum absolute atomic E-state index is 8.49. The number of aryl methyl sites for hydroxylation is 1. The first-order valence-corrected chi connectivity index (χ1v) is 3.94. The van der Waals surface area contributed by atoms with Crippen LogP contribution in [0.25, 0.3) is 0 Å². The van der Waals surface area contributed by atoms with Crippen LogP contribution in [-0.4, -0.2) is 0 Å². The first kappa shape index (κ1) is 7.80. The fourth-order valence-corrected chi connectivity index (χ4v) is 1.97. The Morgan fingerprint density at radius 2 is 2.20 bits per heavy atom. The summed E-state index contributed by atoms with van der Waals surface area (Å²) in [6.07, 6.45) is 0. The van der Waals surface area contributed by atoms with E-state index in [-0.39, 0.29) is 0 Å². The zero-order valence-corrected chi connectivity index (χ0v) is 7.39. The molecule has 52 valence electrons. The molecule has 2 nitrogen and oxygen atoms in total. The van der Waals surface area contributed by atoms with Crippen LogP contribution in [0.4, 0.5) is 0 Å². The summed E-state index contributed by atoms with van der Waals surface area (Å²) >= 11 is 12.6. The first-order valence-electron chi connectivity index (χ1n) is 2.41. The molecule has 10 heavy (non-hydrogen) atoms. The highest BCUT2D eigenvalue weighted by Gasteiger charge is 2.20. The molecular formula is C5H3Cl2N2S+. The van der Waals surface area contributed by atoms with Crippen LogP contribution in [0, 0.1) is 11.3 Å². The number of halogens is 2. The van der Waals surface area contributed by atoms with Crippen LogP contribution in [0.5, 0.6) is 0 Å². The number of nitriles is 1. The molecule has 0 aliphatic heterocycles. The molecular weight excluding hydrogens is 191 g/mol. The Morgan fingerprint density at radius 3 is 2.40 bits per heavy atom. The molecule has 1 aromatic heterocycles. The summed E-state index contributed by atoms with van der Waals surface area (Å²) in [7, 11) is 1.75. The van der Waals surface area contributed by atoms with Crippen LogP contribution in [0.15, 0.2) is 0 Å². The van der Waals surface area contributed by atoms with Gasteiger partial charge in [0.15, 0.2) is 28.5 Å². The minimum Gasteiger partial charge on any atom is -0.192 e. The Hall–Kier alpha value is -0.300. The minimum absolute atomic E-state index is 0.357. The van der Waals surface area contributed by atoms with Crippen molar-refractivity contribution >= 4 is 34.7 Å². The summed E-state index contributed by atoms with van der Waals surface area (Å²) in [6.45, 7) is 0. The van der Waals surface area contributed by atoms with E-state index < -0.39 is 0 Å². The lowest BCUT2D eigenvalue weighted by atomic mass is 10.4. The normalized spacial score (nSPS) is 9.40. The van der Waals surface area contributed by atoms with Crippen molar-refractivity contribution in [3.63, 3.8) is 0 Å². The maximum atomic E-state index is 8.49. The van der Waals surface area contributed by atoms with Crippen LogP contribution in [0.2, 0.25) is 9.49 Å². The van der Waals surface area contributed by atoms with E-state index in [9.17, 15) is 0 Å². The van der Waals surface area contributed by atoms with E-state index in [0.29, 0.717) is 15.1 Å². The molecule has 0 saturated heterocycles.